The number of nitrogens with one attached hydrogen (secondary N) is 1. The summed E-state index contributed by atoms with van der Waals surface area (Å²) in [5.74, 6) is -0.0223. The van der Waals surface area contributed by atoms with E-state index in [1.54, 1.807) is 6.07 Å². The molecule has 1 aliphatic carbocycles. The average Bonchev–Trinajstić information content (AvgIpc) is 2.31. The maximum absolute atomic E-state index is 11.9. The fourth-order valence-electron chi connectivity index (χ4n) is 1.85. The van der Waals surface area contributed by atoms with Gasteiger partial charge in [-0.15, -0.1) is 12.6 Å². The zero-order valence-electron chi connectivity index (χ0n) is 9.02. The van der Waals surface area contributed by atoms with E-state index in [1.807, 2.05) is 18.2 Å². The largest absolute Gasteiger partial charge is 0.349 e. The van der Waals surface area contributed by atoms with Gasteiger partial charge in [0.05, 0.1) is 5.56 Å². The summed E-state index contributed by atoms with van der Waals surface area (Å²) in [5, 5.41) is 3.04. The van der Waals surface area contributed by atoms with Crippen molar-refractivity contribution in [2.75, 3.05) is 0 Å². The third kappa shape index (κ3) is 2.67. The lowest BCUT2D eigenvalue weighted by molar-refractivity contribution is 0.0932. The van der Waals surface area contributed by atoms with Crippen molar-refractivity contribution in [3.05, 3.63) is 42.0 Å². The Bertz CT molecular complexity index is 414. The molecule has 0 radical (unpaired) electrons. The molecule has 1 unspecified atom stereocenters. The van der Waals surface area contributed by atoms with Crippen LogP contribution in [-0.4, -0.2) is 11.9 Å². The molecule has 3 heteroatoms. The molecule has 16 heavy (non-hydrogen) atoms. The molecular formula is C13H15NOS. The Kier molecular flexibility index (Phi) is 3.67. The normalized spacial score (nSPS) is 19.4. The van der Waals surface area contributed by atoms with Crippen molar-refractivity contribution in [2.24, 2.45) is 0 Å². The van der Waals surface area contributed by atoms with E-state index in [2.05, 4.69) is 30.1 Å². The van der Waals surface area contributed by atoms with Crippen molar-refractivity contribution in [1.29, 1.82) is 0 Å². The van der Waals surface area contributed by atoms with E-state index in [-0.39, 0.29) is 11.9 Å². The molecule has 1 atom stereocenters. The number of amides is 1. The minimum Gasteiger partial charge on any atom is -0.349 e. The van der Waals surface area contributed by atoms with Gasteiger partial charge in [-0.25, -0.2) is 0 Å². The van der Waals surface area contributed by atoms with Crippen LogP contribution in [-0.2, 0) is 0 Å². The van der Waals surface area contributed by atoms with Gasteiger partial charge in [-0.05, 0) is 31.4 Å². The molecule has 0 aliphatic heterocycles. The summed E-state index contributed by atoms with van der Waals surface area (Å²) in [4.78, 5) is 12.7. The molecule has 0 fully saturated rings. The van der Waals surface area contributed by atoms with Crippen molar-refractivity contribution in [3.63, 3.8) is 0 Å². The second-order valence-electron chi connectivity index (χ2n) is 3.97. The lowest BCUT2D eigenvalue weighted by Crippen LogP contribution is -2.35. The molecule has 2 nitrogen and oxygen atoms in total. The highest BCUT2D eigenvalue weighted by Gasteiger charge is 2.15. The van der Waals surface area contributed by atoms with E-state index >= 15 is 0 Å². The molecule has 0 saturated carbocycles. The van der Waals surface area contributed by atoms with Crippen LogP contribution in [0.5, 0.6) is 0 Å². The molecule has 1 N–H and O–H groups in total. The number of hydrogen-bond acceptors (Lipinski definition) is 2. The van der Waals surface area contributed by atoms with Gasteiger partial charge < -0.3 is 5.32 Å². The average molecular weight is 233 g/mol. The van der Waals surface area contributed by atoms with Crippen LogP contribution in [0.2, 0.25) is 0 Å². The van der Waals surface area contributed by atoms with Gasteiger partial charge in [0.1, 0.15) is 0 Å². The van der Waals surface area contributed by atoms with Gasteiger partial charge in [0.25, 0.3) is 5.91 Å². The number of carbonyl (C=O) groups excluding carboxylic acids is 1. The minimum absolute atomic E-state index is 0.0223. The van der Waals surface area contributed by atoms with Gasteiger partial charge in [0.15, 0.2) is 0 Å². The first-order valence-electron chi connectivity index (χ1n) is 5.51. The van der Waals surface area contributed by atoms with Crippen LogP contribution in [0.4, 0.5) is 0 Å². The van der Waals surface area contributed by atoms with Crippen molar-refractivity contribution in [3.8, 4) is 0 Å². The van der Waals surface area contributed by atoms with Crippen LogP contribution in [0.3, 0.4) is 0 Å². The van der Waals surface area contributed by atoms with Crippen LogP contribution in [0.1, 0.15) is 29.6 Å². The minimum atomic E-state index is -0.0223. The quantitative estimate of drug-likeness (QED) is 0.597. The monoisotopic (exact) mass is 233 g/mol. The molecule has 0 bridgehead atoms. The third-order valence-corrected chi connectivity index (χ3v) is 3.14. The van der Waals surface area contributed by atoms with Crippen molar-refractivity contribution in [2.45, 2.75) is 30.2 Å². The number of rotatable bonds is 2. The molecule has 1 aromatic rings. The number of benzene rings is 1. The fraction of sp³-hybridized carbons (Fsp3) is 0.308. The first kappa shape index (κ1) is 11.3. The van der Waals surface area contributed by atoms with Crippen LogP contribution in [0.25, 0.3) is 0 Å². The fourth-order valence-corrected chi connectivity index (χ4v) is 2.12. The van der Waals surface area contributed by atoms with Gasteiger partial charge in [0.2, 0.25) is 0 Å². The highest BCUT2D eigenvalue weighted by atomic mass is 32.1. The van der Waals surface area contributed by atoms with Gasteiger partial charge in [0, 0.05) is 10.9 Å². The van der Waals surface area contributed by atoms with E-state index in [0.717, 1.165) is 24.2 Å². The van der Waals surface area contributed by atoms with E-state index in [1.165, 1.54) is 0 Å². The maximum Gasteiger partial charge on any atom is 0.252 e. The van der Waals surface area contributed by atoms with Gasteiger partial charge in [-0.1, -0.05) is 24.3 Å². The van der Waals surface area contributed by atoms with Crippen LogP contribution in [0.15, 0.2) is 41.3 Å². The second-order valence-corrected chi connectivity index (χ2v) is 4.45. The molecule has 0 heterocycles. The summed E-state index contributed by atoms with van der Waals surface area (Å²) in [6.45, 7) is 0. The van der Waals surface area contributed by atoms with Crippen LogP contribution in [0, 0.1) is 0 Å². The zero-order valence-corrected chi connectivity index (χ0v) is 9.91. The Morgan fingerprint density at radius 3 is 2.81 bits per heavy atom. The third-order valence-electron chi connectivity index (χ3n) is 2.75. The number of carbonyl (C=O) groups is 1. The van der Waals surface area contributed by atoms with Crippen molar-refractivity contribution in [1.82, 2.24) is 5.32 Å². The second kappa shape index (κ2) is 5.21. The number of thiol groups is 1. The first-order valence-corrected chi connectivity index (χ1v) is 5.96. The summed E-state index contributed by atoms with van der Waals surface area (Å²) in [6.07, 6.45) is 7.29. The summed E-state index contributed by atoms with van der Waals surface area (Å²) in [7, 11) is 0. The summed E-state index contributed by atoms with van der Waals surface area (Å²) in [6, 6.07) is 7.64. The van der Waals surface area contributed by atoms with Gasteiger partial charge >= 0.3 is 0 Å². The smallest absolute Gasteiger partial charge is 0.252 e. The molecule has 1 aliphatic rings. The Morgan fingerprint density at radius 1 is 1.31 bits per heavy atom. The number of allylic oxidation sites excluding steroid dienone is 1. The van der Waals surface area contributed by atoms with E-state index < -0.39 is 0 Å². The SMILES string of the molecule is O=C(NC1CC=CCC1)c1ccccc1S. The summed E-state index contributed by atoms with van der Waals surface area (Å²) < 4.78 is 0. The zero-order chi connectivity index (χ0) is 11.4. The standard InChI is InChI=1S/C13H15NOS/c15-13(11-8-4-5-9-12(11)16)14-10-6-2-1-3-7-10/h1-2,4-5,8-10,16H,3,6-7H2,(H,14,15). The molecule has 0 aromatic heterocycles. The highest BCUT2D eigenvalue weighted by molar-refractivity contribution is 7.80. The molecule has 0 spiro atoms. The summed E-state index contributed by atoms with van der Waals surface area (Å²) in [5.41, 5.74) is 0.653. The Balaban J connectivity index is 2.03. The van der Waals surface area contributed by atoms with E-state index in [0.29, 0.717) is 5.56 Å². The Morgan fingerprint density at radius 2 is 2.12 bits per heavy atom. The highest BCUT2D eigenvalue weighted by Crippen LogP contribution is 2.15. The Labute approximate surface area is 101 Å². The van der Waals surface area contributed by atoms with Gasteiger partial charge in [-0.3, -0.25) is 4.79 Å². The number of hydrogen-bond donors (Lipinski definition) is 2. The van der Waals surface area contributed by atoms with Crippen LogP contribution < -0.4 is 5.32 Å². The molecule has 2 rings (SSSR count). The maximum atomic E-state index is 11.9. The predicted octanol–water partition coefficient (Wildman–Crippen LogP) is 2.81. The Hall–Kier alpha value is -1.22. The first-order chi connectivity index (χ1) is 7.77. The van der Waals surface area contributed by atoms with E-state index in [4.69, 9.17) is 0 Å². The lowest BCUT2D eigenvalue weighted by atomic mass is 10.0. The molecule has 84 valence electrons. The molecule has 1 amide bonds. The molecular weight excluding hydrogens is 218 g/mol. The van der Waals surface area contributed by atoms with E-state index in [9.17, 15) is 4.79 Å². The van der Waals surface area contributed by atoms with Gasteiger partial charge in [-0.2, -0.15) is 0 Å². The van der Waals surface area contributed by atoms with Crippen LogP contribution >= 0.6 is 12.6 Å². The topological polar surface area (TPSA) is 29.1 Å². The summed E-state index contributed by atoms with van der Waals surface area (Å²) >= 11 is 4.28. The molecule has 0 saturated heterocycles. The lowest BCUT2D eigenvalue weighted by Gasteiger charge is -2.19. The van der Waals surface area contributed by atoms with Crippen molar-refractivity contribution < 1.29 is 4.79 Å². The van der Waals surface area contributed by atoms with Crippen molar-refractivity contribution >= 4 is 18.5 Å². The predicted molar refractivity (Wildman–Crippen MR) is 67.9 cm³/mol. The molecule has 1 aromatic carbocycles.